The van der Waals surface area contributed by atoms with Crippen LogP contribution in [0.15, 0.2) is 61.1 Å². The van der Waals surface area contributed by atoms with Crippen molar-refractivity contribution in [3.63, 3.8) is 0 Å². The number of amides is 1. The lowest BCUT2D eigenvalue weighted by Crippen LogP contribution is -2.47. The molecule has 1 aromatic heterocycles. The molecule has 1 amide bonds. The van der Waals surface area contributed by atoms with Gasteiger partial charge in [-0.25, -0.2) is 0 Å². The molecule has 1 fully saturated rings. The van der Waals surface area contributed by atoms with Gasteiger partial charge in [0.15, 0.2) is 0 Å². The summed E-state index contributed by atoms with van der Waals surface area (Å²) in [5, 5.41) is 2.38. The molecule has 9 heteroatoms. The maximum Gasteiger partial charge on any atom is 0.417 e. The molecule has 0 radical (unpaired) electrons. The first-order chi connectivity index (χ1) is 16.3. The quantitative estimate of drug-likeness (QED) is 0.495. The highest BCUT2D eigenvalue weighted by Gasteiger charge is 2.36. The van der Waals surface area contributed by atoms with Crippen LogP contribution in [-0.2, 0) is 6.18 Å². The summed E-state index contributed by atoms with van der Waals surface area (Å²) >= 11 is 6.03. The number of likely N-dealkylation sites (N-methyl/N-ethyl adjacent to an activating group) is 1. The van der Waals surface area contributed by atoms with E-state index in [9.17, 15) is 18.0 Å². The smallest absolute Gasteiger partial charge is 0.344 e. The number of carbonyl (C=O) groups is 1. The Morgan fingerprint density at radius 3 is 2.68 bits per heavy atom. The van der Waals surface area contributed by atoms with Gasteiger partial charge in [-0.2, -0.15) is 13.2 Å². The Morgan fingerprint density at radius 1 is 1.18 bits per heavy atom. The summed E-state index contributed by atoms with van der Waals surface area (Å²) < 4.78 is 40.0. The largest absolute Gasteiger partial charge is 0.417 e. The van der Waals surface area contributed by atoms with Gasteiger partial charge in [-0.15, -0.1) is 0 Å². The van der Waals surface area contributed by atoms with Crippen LogP contribution in [0, 0.1) is 0 Å². The van der Waals surface area contributed by atoms with Crippen molar-refractivity contribution in [2.24, 2.45) is 0 Å². The van der Waals surface area contributed by atoms with Crippen LogP contribution in [0.2, 0.25) is 5.02 Å². The number of aromatic nitrogens is 2. The summed E-state index contributed by atoms with van der Waals surface area (Å²) in [4.78, 5) is 23.9. The number of hydrogen-bond donors (Lipinski definition) is 1. The zero-order valence-electron chi connectivity index (χ0n) is 18.5. The molecular formula is C25H24ClF3N4O. The van der Waals surface area contributed by atoms with Gasteiger partial charge in [-0.05, 0) is 50.2 Å². The molecule has 178 valence electrons. The normalized spacial score (nSPS) is 17.9. The van der Waals surface area contributed by atoms with E-state index in [2.05, 4.69) is 20.2 Å². The third-order valence-electron chi connectivity index (χ3n) is 6.15. The van der Waals surface area contributed by atoms with Gasteiger partial charge in [-0.3, -0.25) is 14.8 Å². The number of halogens is 4. The number of nitrogens with one attached hydrogen (secondary N) is 1. The molecule has 0 saturated carbocycles. The van der Waals surface area contributed by atoms with Gasteiger partial charge in [-0.1, -0.05) is 42.3 Å². The number of hydrogen-bond acceptors (Lipinski definition) is 4. The highest BCUT2D eigenvalue weighted by Crippen LogP contribution is 2.37. The number of likely N-dealkylation sites (tertiary alicyclic amines) is 1. The predicted molar refractivity (Wildman–Crippen MR) is 124 cm³/mol. The van der Waals surface area contributed by atoms with Crippen molar-refractivity contribution < 1.29 is 18.0 Å². The Kier molecular flexibility index (Phi) is 7.19. The molecule has 0 aliphatic carbocycles. The van der Waals surface area contributed by atoms with E-state index in [0.717, 1.165) is 43.0 Å². The zero-order valence-corrected chi connectivity index (χ0v) is 19.3. The Balaban J connectivity index is 1.71. The Labute approximate surface area is 201 Å². The van der Waals surface area contributed by atoms with Crippen molar-refractivity contribution in [2.75, 3.05) is 13.6 Å². The summed E-state index contributed by atoms with van der Waals surface area (Å²) in [6.45, 7) is 0.866. The summed E-state index contributed by atoms with van der Waals surface area (Å²) in [7, 11) is 1.99. The second-order valence-electron chi connectivity index (χ2n) is 8.38. The van der Waals surface area contributed by atoms with Crippen LogP contribution < -0.4 is 5.32 Å². The van der Waals surface area contributed by atoms with Gasteiger partial charge in [0, 0.05) is 24.0 Å². The molecule has 34 heavy (non-hydrogen) atoms. The van der Waals surface area contributed by atoms with Crippen molar-refractivity contribution in [1.82, 2.24) is 20.2 Å². The lowest BCUT2D eigenvalue weighted by Gasteiger charge is -2.38. The molecule has 2 atom stereocenters. The molecule has 4 rings (SSSR count). The Hall–Kier alpha value is -2.97. The van der Waals surface area contributed by atoms with Gasteiger partial charge in [0.2, 0.25) is 0 Å². The lowest BCUT2D eigenvalue weighted by molar-refractivity contribution is -0.137. The standard InChI is InChI=1S/C25H24ClF3N4O/c1-33-13-3-2-10-21(33)23(17-7-4-6-16(14-17)20-15-30-11-12-31-20)32-24(34)18-8-5-9-19(22(18)26)25(27,28)29/h4-9,11-12,14-15,21,23H,2-3,10,13H2,1H3,(H,32,34)/t21-,23?/m0/s1. The number of benzene rings is 2. The molecule has 1 aliphatic heterocycles. The highest BCUT2D eigenvalue weighted by atomic mass is 35.5. The van der Waals surface area contributed by atoms with Crippen LogP contribution in [-0.4, -0.2) is 40.4 Å². The first kappa shape index (κ1) is 24.2. The number of carbonyl (C=O) groups excluding carboxylic acids is 1. The van der Waals surface area contributed by atoms with Crippen molar-refractivity contribution >= 4 is 17.5 Å². The van der Waals surface area contributed by atoms with Crippen LogP contribution in [0.4, 0.5) is 13.2 Å². The number of piperidine rings is 1. The van der Waals surface area contributed by atoms with E-state index >= 15 is 0 Å². The van der Waals surface area contributed by atoms with Crippen LogP contribution in [0.1, 0.15) is 46.8 Å². The Morgan fingerprint density at radius 2 is 1.97 bits per heavy atom. The molecular weight excluding hydrogens is 465 g/mol. The molecule has 0 bridgehead atoms. The average molecular weight is 489 g/mol. The highest BCUT2D eigenvalue weighted by molar-refractivity contribution is 6.34. The fourth-order valence-corrected chi connectivity index (χ4v) is 4.73. The first-order valence-corrected chi connectivity index (χ1v) is 11.4. The summed E-state index contributed by atoms with van der Waals surface area (Å²) in [5.74, 6) is -0.648. The van der Waals surface area contributed by atoms with E-state index in [1.807, 2.05) is 31.3 Å². The van der Waals surface area contributed by atoms with Crippen molar-refractivity contribution in [1.29, 1.82) is 0 Å². The van der Waals surface area contributed by atoms with E-state index in [1.165, 1.54) is 12.1 Å². The first-order valence-electron chi connectivity index (χ1n) is 11.0. The van der Waals surface area contributed by atoms with E-state index in [1.54, 1.807) is 18.6 Å². The Bertz CT molecular complexity index is 1160. The molecule has 5 nitrogen and oxygen atoms in total. The monoisotopic (exact) mass is 488 g/mol. The molecule has 1 N–H and O–H groups in total. The van der Waals surface area contributed by atoms with Crippen LogP contribution in [0.3, 0.4) is 0 Å². The molecule has 1 aliphatic rings. The molecule has 1 unspecified atom stereocenters. The third-order valence-corrected chi connectivity index (χ3v) is 6.56. The number of rotatable bonds is 5. The van der Waals surface area contributed by atoms with Gasteiger partial charge >= 0.3 is 6.18 Å². The topological polar surface area (TPSA) is 58.1 Å². The average Bonchev–Trinajstić information content (AvgIpc) is 2.83. The van der Waals surface area contributed by atoms with Crippen LogP contribution in [0.5, 0.6) is 0 Å². The number of alkyl halides is 3. The van der Waals surface area contributed by atoms with Crippen LogP contribution in [0.25, 0.3) is 11.3 Å². The summed E-state index contributed by atoms with van der Waals surface area (Å²) in [6.07, 6.45) is 3.08. The molecule has 2 heterocycles. The fraction of sp³-hybridized carbons (Fsp3) is 0.320. The van der Waals surface area contributed by atoms with Crippen molar-refractivity contribution in [2.45, 2.75) is 37.5 Å². The SMILES string of the molecule is CN1CCCC[C@H]1C(NC(=O)c1cccc(C(F)(F)F)c1Cl)c1cccc(-c2cnccn2)c1. The third kappa shape index (κ3) is 5.23. The lowest BCUT2D eigenvalue weighted by atomic mass is 9.90. The summed E-state index contributed by atoms with van der Waals surface area (Å²) in [6, 6.07) is 10.5. The zero-order chi connectivity index (χ0) is 24.3. The van der Waals surface area contributed by atoms with Gasteiger partial charge in [0.25, 0.3) is 5.91 Å². The van der Waals surface area contributed by atoms with E-state index in [0.29, 0.717) is 5.69 Å². The summed E-state index contributed by atoms with van der Waals surface area (Å²) in [5.41, 5.74) is 1.12. The minimum atomic E-state index is -4.65. The van der Waals surface area contributed by atoms with E-state index in [-0.39, 0.29) is 11.6 Å². The van der Waals surface area contributed by atoms with Gasteiger partial charge < -0.3 is 10.2 Å². The minimum absolute atomic E-state index is 0.0284. The van der Waals surface area contributed by atoms with Gasteiger partial charge in [0.05, 0.1) is 34.1 Å². The second-order valence-corrected chi connectivity index (χ2v) is 8.75. The molecule has 3 aromatic rings. The van der Waals surface area contributed by atoms with Crippen molar-refractivity contribution in [3.05, 3.63) is 82.8 Å². The predicted octanol–water partition coefficient (Wildman–Crippen LogP) is 5.77. The van der Waals surface area contributed by atoms with Gasteiger partial charge in [0.1, 0.15) is 0 Å². The second kappa shape index (κ2) is 10.1. The fourth-order valence-electron chi connectivity index (χ4n) is 4.41. The molecule has 2 aromatic carbocycles. The van der Waals surface area contributed by atoms with Crippen molar-refractivity contribution in [3.8, 4) is 11.3 Å². The van der Waals surface area contributed by atoms with E-state index < -0.39 is 28.7 Å². The molecule has 0 spiro atoms. The maximum atomic E-state index is 13.3. The maximum absolute atomic E-state index is 13.3. The van der Waals surface area contributed by atoms with Crippen LogP contribution >= 0.6 is 11.6 Å². The number of nitrogens with zero attached hydrogens (tertiary/aromatic N) is 3. The minimum Gasteiger partial charge on any atom is -0.344 e. The molecule has 1 saturated heterocycles. The van der Waals surface area contributed by atoms with E-state index in [4.69, 9.17) is 11.6 Å².